The van der Waals surface area contributed by atoms with E-state index in [1.165, 1.54) is 0 Å². The van der Waals surface area contributed by atoms with E-state index < -0.39 is 5.60 Å². The summed E-state index contributed by atoms with van der Waals surface area (Å²) >= 11 is 0. The van der Waals surface area contributed by atoms with Crippen LogP contribution >= 0.6 is 0 Å². The number of hydrogen-bond acceptors (Lipinski definition) is 4. The number of aliphatic hydroxyl groups is 1. The summed E-state index contributed by atoms with van der Waals surface area (Å²) in [5.41, 5.74) is 2.23. The van der Waals surface area contributed by atoms with E-state index in [0.717, 1.165) is 22.4 Å². The molecule has 0 radical (unpaired) electrons. The van der Waals surface area contributed by atoms with Crippen LogP contribution in [0.4, 0.5) is 0 Å². The number of benzene rings is 2. The van der Waals surface area contributed by atoms with Gasteiger partial charge >= 0.3 is 0 Å². The van der Waals surface area contributed by atoms with E-state index in [4.69, 9.17) is 9.47 Å². The Morgan fingerprint density at radius 2 is 1.65 bits per heavy atom. The van der Waals surface area contributed by atoms with Crippen molar-refractivity contribution in [3.05, 3.63) is 59.2 Å². The Bertz CT molecular complexity index is 639. The molecule has 2 aromatic rings. The molecule has 0 aliphatic carbocycles. The van der Waals surface area contributed by atoms with E-state index in [1.54, 1.807) is 14.2 Å². The highest BCUT2D eigenvalue weighted by atomic mass is 16.5. The molecule has 1 unspecified atom stereocenters. The van der Waals surface area contributed by atoms with Crippen molar-refractivity contribution in [3.63, 3.8) is 0 Å². The smallest absolute Gasteiger partial charge is 0.161 e. The van der Waals surface area contributed by atoms with Crippen LogP contribution < -0.4 is 14.8 Å². The second kappa shape index (κ2) is 7.49. The van der Waals surface area contributed by atoms with E-state index >= 15 is 0 Å². The van der Waals surface area contributed by atoms with Crippen LogP contribution in [0.3, 0.4) is 0 Å². The first-order valence-electron chi connectivity index (χ1n) is 7.68. The van der Waals surface area contributed by atoms with E-state index in [2.05, 4.69) is 5.32 Å². The van der Waals surface area contributed by atoms with Crippen LogP contribution in [0.15, 0.2) is 42.5 Å². The lowest BCUT2D eigenvalue weighted by Crippen LogP contribution is -2.35. The molecule has 4 nitrogen and oxygen atoms in total. The zero-order chi connectivity index (χ0) is 16.9. The second-order valence-electron chi connectivity index (χ2n) is 5.88. The fraction of sp³-hybridized carbons (Fsp3) is 0.368. The SMILES string of the molecule is COc1cc(C)c(CNCC(C)(O)c2ccccc2)cc1OC. The van der Waals surface area contributed by atoms with Gasteiger partial charge in [0.1, 0.15) is 0 Å². The molecule has 4 heteroatoms. The first kappa shape index (κ1) is 17.3. The van der Waals surface area contributed by atoms with Gasteiger partial charge in [0.05, 0.1) is 19.8 Å². The Labute approximate surface area is 138 Å². The summed E-state index contributed by atoms with van der Waals surface area (Å²) in [4.78, 5) is 0. The molecule has 0 heterocycles. The van der Waals surface area contributed by atoms with Gasteiger partial charge in [-0.3, -0.25) is 0 Å². The van der Waals surface area contributed by atoms with Gasteiger partial charge < -0.3 is 19.9 Å². The normalized spacial score (nSPS) is 13.4. The van der Waals surface area contributed by atoms with Crippen LogP contribution in [0.5, 0.6) is 11.5 Å². The van der Waals surface area contributed by atoms with Crippen molar-refractivity contribution >= 4 is 0 Å². The van der Waals surface area contributed by atoms with Crippen molar-refractivity contribution < 1.29 is 14.6 Å². The third-order valence-corrected chi connectivity index (χ3v) is 4.02. The zero-order valence-electron chi connectivity index (χ0n) is 14.2. The van der Waals surface area contributed by atoms with Crippen molar-refractivity contribution in [1.29, 1.82) is 0 Å². The van der Waals surface area contributed by atoms with Crippen molar-refractivity contribution in [1.82, 2.24) is 5.32 Å². The van der Waals surface area contributed by atoms with Crippen LogP contribution in [-0.4, -0.2) is 25.9 Å². The second-order valence-corrected chi connectivity index (χ2v) is 5.88. The van der Waals surface area contributed by atoms with Gasteiger partial charge in [0, 0.05) is 13.1 Å². The third kappa shape index (κ3) is 4.24. The minimum atomic E-state index is -0.911. The third-order valence-electron chi connectivity index (χ3n) is 4.02. The Balaban J connectivity index is 2.04. The van der Waals surface area contributed by atoms with Gasteiger partial charge in [-0.2, -0.15) is 0 Å². The summed E-state index contributed by atoms with van der Waals surface area (Å²) in [7, 11) is 3.26. The largest absolute Gasteiger partial charge is 0.493 e. The summed E-state index contributed by atoms with van der Waals surface area (Å²) in [6.45, 7) is 4.96. The summed E-state index contributed by atoms with van der Waals surface area (Å²) in [5, 5.41) is 13.9. The van der Waals surface area contributed by atoms with E-state index in [-0.39, 0.29) is 0 Å². The highest BCUT2D eigenvalue weighted by Crippen LogP contribution is 2.30. The molecule has 124 valence electrons. The highest BCUT2D eigenvalue weighted by molar-refractivity contribution is 5.47. The predicted molar refractivity (Wildman–Crippen MR) is 92.0 cm³/mol. The maximum atomic E-state index is 10.6. The Kier molecular flexibility index (Phi) is 5.64. The number of ether oxygens (including phenoxy) is 2. The van der Waals surface area contributed by atoms with Crippen LogP contribution in [0, 0.1) is 6.92 Å². The molecule has 0 saturated heterocycles. The lowest BCUT2D eigenvalue weighted by atomic mass is 9.96. The average Bonchev–Trinajstić information content (AvgIpc) is 2.56. The number of hydrogen-bond donors (Lipinski definition) is 2. The van der Waals surface area contributed by atoms with Crippen molar-refractivity contribution in [3.8, 4) is 11.5 Å². The minimum absolute atomic E-state index is 0.463. The van der Waals surface area contributed by atoms with Crippen LogP contribution in [0.25, 0.3) is 0 Å². The van der Waals surface area contributed by atoms with E-state index in [1.807, 2.05) is 56.3 Å². The van der Waals surface area contributed by atoms with Crippen LogP contribution in [0.2, 0.25) is 0 Å². The summed E-state index contributed by atoms with van der Waals surface area (Å²) in [6, 6.07) is 13.6. The van der Waals surface area contributed by atoms with Crippen molar-refractivity contribution in [2.75, 3.05) is 20.8 Å². The van der Waals surface area contributed by atoms with Gasteiger partial charge in [0.25, 0.3) is 0 Å². The van der Waals surface area contributed by atoms with Crippen LogP contribution in [-0.2, 0) is 12.1 Å². The zero-order valence-corrected chi connectivity index (χ0v) is 14.2. The first-order valence-corrected chi connectivity index (χ1v) is 7.68. The highest BCUT2D eigenvalue weighted by Gasteiger charge is 2.22. The molecule has 0 aromatic heterocycles. The minimum Gasteiger partial charge on any atom is -0.493 e. The molecule has 2 aromatic carbocycles. The molecule has 0 fully saturated rings. The van der Waals surface area contributed by atoms with Gasteiger partial charge in [0.15, 0.2) is 11.5 Å². The number of rotatable bonds is 7. The predicted octanol–water partition coefficient (Wildman–Crippen LogP) is 3.01. The Morgan fingerprint density at radius 3 is 2.26 bits per heavy atom. The summed E-state index contributed by atoms with van der Waals surface area (Å²) < 4.78 is 10.6. The van der Waals surface area contributed by atoms with Crippen LogP contribution in [0.1, 0.15) is 23.6 Å². The summed E-state index contributed by atoms with van der Waals surface area (Å²) in [6.07, 6.45) is 0. The average molecular weight is 315 g/mol. The number of nitrogens with one attached hydrogen (secondary N) is 1. The molecule has 0 amide bonds. The molecule has 1 atom stereocenters. The van der Waals surface area contributed by atoms with Gasteiger partial charge in [0.2, 0.25) is 0 Å². The molecule has 0 bridgehead atoms. The van der Waals surface area contributed by atoms with E-state index in [9.17, 15) is 5.11 Å². The van der Waals surface area contributed by atoms with Gasteiger partial charge in [-0.1, -0.05) is 30.3 Å². The molecular weight excluding hydrogens is 290 g/mol. The topological polar surface area (TPSA) is 50.7 Å². The molecule has 23 heavy (non-hydrogen) atoms. The van der Waals surface area contributed by atoms with Crippen molar-refractivity contribution in [2.24, 2.45) is 0 Å². The molecule has 0 spiro atoms. The summed E-state index contributed by atoms with van der Waals surface area (Å²) in [5.74, 6) is 1.44. The van der Waals surface area contributed by atoms with Gasteiger partial charge in [-0.25, -0.2) is 0 Å². The van der Waals surface area contributed by atoms with Gasteiger partial charge in [-0.15, -0.1) is 0 Å². The van der Waals surface area contributed by atoms with Gasteiger partial charge in [-0.05, 0) is 42.7 Å². The van der Waals surface area contributed by atoms with E-state index in [0.29, 0.717) is 18.8 Å². The standard InChI is InChI=1S/C19H25NO3/c1-14-10-17(22-3)18(23-4)11-15(14)12-20-13-19(2,21)16-8-6-5-7-9-16/h5-11,20-21H,12-13H2,1-4H3. The maximum Gasteiger partial charge on any atom is 0.161 e. The molecule has 2 N–H and O–H groups in total. The molecule has 0 aliphatic rings. The maximum absolute atomic E-state index is 10.6. The Morgan fingerprint density at radius 1 is 1.04 bits per heavy atom. The molecular formula is C19H25NO3. The fourth-order valence-corrected chi connectivity index (χ4v) is 2.55. The molecule has 0 saturated carbocycles. The number of methoxy groups -OCH3 is 2. The van der Waals surface area contributed by atoms with Crippen molar-refractivity contribution in [2.45, 2.75) is 26.0 Å². The quantitative estimate of drug-likeness (QED) is 0.825. The number of aryl methyl sites for hydroxylation is 1. The lowest BCUT2D eigenvalue weighted by Gasteiger charge is -2.24. The molecule has 0 aliphatic heterocycles. The lowest BCUT2D eigenvalue weighted by molar-refractivity contribution is 0.0566. The Hall–Kier alpha value is -2.04. The monoisotopic (exact) mass is 315 g/mol. The first-order chi connectivity index (χ1) is 11.0. The molecule has 2 rings (SSSR count). The fourth-order valence-electron chi connectivity index (χ4n) is 2.55.